The normalized spacial score (nSPS) is 14.6. The molecule has 3 N–H and O–H groups in total. The van der Waals surface area contributed by atoms with E-state index in [1.807, 2.05) is 12.2 Å². The van der Waals surface area contributed by atoms with Crippen LogP contribution in [-0.2, 0) is 65.4 Å². The van der Waals surface area contributed by atoms with Crippen molar-refractivity contribution in [2.24, 2.45) is 0 Å². The fourth-order valence-electron chi connectivity index (χ4n) is 10.1. The van der Waals surface area contributed by atoms with E-state index in [1.165, 1.54) is 77.0 Å². The molecule has 0 aliphatic carbocycles. The molecule has 0 aliphatic heterocycles. The molecule has 0 saturated carbocycles. The summed E-state index contributed by atoms with van der Waals surface area (Å²) in [5.74, 6) is -2.27. The molecular formula is C81H138O17P2. The van der Waals surface area contributed by atoms with E-state index in [0.717, 1.165) is 148 Å². The molecular weight excluding hydrogens is 1310 g/mol. The summed E-state index contributed by atoms with van der Waals surface area (Å²) in [5.41, 5.74) is 0. The van der Waals surface area contributed by atoms with Gasteiger partial charge in [0.2, 0.25) is 0 Å². The van der Waals surface area contributed by atoms with Crippen LogP contribution in [0, 0.1) is 0 Å². The van der Waals surface area contributed by atoms with Crippen LogP contribution in [0.15, 0.2) is 122 Å². The maximum atomic E-state index is 13.1. The van der Waals surface area contributed by atoms with Crippen LogP contribution in [0.1, 0.15) is 310 Å². The van der Waals surface area contributed by atoms with Crippen molar-refractivity contribution in [3.8, 4) is 0 Å². The zero-order chi connectivity index (χ0) is 73.2. The Morgan fingerprint density at radius 3 is 0.850 bits per heavy atom. The molecule has 5 unspecified atom stereocenters. The fraction of sp³-hybridized carbons (Fsp3) is 0.704. The maximum absolute atomic E-state index is 13.1. The van der Waals surface area contributed by atoms with Crippen LogP contribution < -0.4 is 0 Å². The SMILES string of the molecule is CC/C=C\C/C=C\C/C=C\C/C=C\C/C=C\CCCC(=O)OCC(COP(=O)(O)OCC(O)COP(=O)(O)OCC(COC(=O)CCCCCCC/C=C\CCCCCCCC)OC(=O)CCCCCCCCCCCCC)OC(=O)CCCCCC/C=C\C/C=C\C/C=C\C/C=C\CC. The highest BCUT2D eigenvalue weighted by Gasteiger charge is 2.30. The molecule has 0 aliphatic rings. The third-order valence-electron chi connectivity index (χ3n) is 15.9. The summed E-state index contributed by atoms with van der Waals surface area (Å²) < 4.78 is 68.4. The van der Waals surface area contributed by atoms with Crippen molar-refractivity contribution in [2.75, 3.05) is 39.6 Å². The molecule has 0 bridgehead atoms. The lowest BCUT2D eigenvalue weighted by atomic mass is 10.1. The van der Waals surface area contributed by atoms with Gasteiger partial charge in [-0.1, -0.05) is 278 Å². The number of unbranched alkanes of at least 4 members (excludes halogenated alkanes) is 26. The lowest BCUT2D eigenvalue weighted by Crippen LogP contribution is -2.30. The second-order valence-corrected chi connectivity index (χ2v) is 28.4. The topological polar surface area (TPSA) is 237 Å². The number of carbonyl (C=O) groups excluding carboxylic acids is 4. The van der Waals surface area contributed by atoms with Crippen LogP contribution >= 0.6 is 15.6 Å². The first-order chi connectivity index (χ1) is 48.7. The van der Waals surface area contributed by atoms with E-state index in [0.29, 0.717) is 32.1 Å². The van der Waals surface area contributed by atoms with E-state index in [9.17, 15) is 43.2 Å². The zero-order valence-corrected chi connectivity index (χ0v) is 64.4. The van der Waals surface area contributed by atoms with Crippen molar-refractivity contribution in [1.82, 2.24) is 0 Å². The molecule has 0 fully saturated rings. The fourth-order valence-corrected chi connectivity index (χ4v) is 11.6. The van der Waals surface area contributed by atoms with Gasteiger partial charge in [-0.05, 0) is 128 Å². The zero-order valence-electron chi connectivity index (χ0n) is 62.6. The summed E-state index contributed by atoms with van der Waals surface area (Å²) in [7, 11) is -9.97. The highest BCUT2D eigenvalue weighted by atomic mass is 31.2. The van der Waals surface area contributed by atoms with Gasteiger partial charge in [-0.25, -0.2) is 9.13 Å². The third kappa shape index (κ3) is 71.8. The first-order valence-electron chi connectivity index (χ1n) is 38.8. The van der Waals surface area contributed by atoms with E-state index in [1.54, 1.807) is 0 Å². The summed E-state index contributed by atoms with van der Waals surface area (Å²) >= 11 is 0. The molecule has 0 aromatic carbocycles. The highest BCUT2D eigenvalue weighted by molar-refractivity contribution is 7.47. The summed E-state index contributed by atoms with van der Waals surface area (Å²) in [5, 5.41) is 10.6. The van der Waals surface area contributed by atoms with Gasteiger partial charge < -0.3 is 33.8 Å². The largest absolute Gasteiger partial charge is 0.472 e. The molecule has 574 valence electrons. The number of carbonyl (C=O) groups is 4. The van der Waals surface area contributed by atoms with E-state index in [2.05, 4.69) is 137 Å². The van der Waals surface area contributed by atoms with E-state index in [4.69, 9.17) is 37.0 Å². The van der Waals surface area contributed by atoms with Gasteiger partial charge in [0.25, 0.3) is 0 Å². The minimum Gasteiger partial charge on any atom is -0.462 e. The Kier molecular flexibility index (Phi) is 69.5. The number of allylic oxidation sites excluding steroid dienone is 20. The van der Waals surface area contributed by atoms with Crippen LogP contribution in [0.3, 0.4) is 0 Å². The quantitative estimate of drug-likeness (QED) is 0.0169. The van der Waals surface area contributed by atoms with E-state index in [-0.39, 0.29) is 25.7 Å². The molecule has 0 spiro atoms. The van der Waals surface area contributed by atoms with Gasteiger partial charge in [0, 0.05) is 25.7 Å². The van der Waals surface area contributed by atoms with Crippen molar-refractivity contribution in [3.05, 3.63) is 122 Å². The molecule has 0 aromatic rings. The average molecular weight is 1450 g/mol. The Balaban J connectivity index is 5.41. The Hall–Kier alpha value is -4.54. The van der Waals surface area contributed by atoms with Gasteiger partial charge in [-0.2, -0.15) is 0 Å². The average Bonchev–Trinajstić information content (AvgIpc) is 1.00. The Morgan fingerprint density at radius 2 is 0.530 bits per heavy atom. The van der Waals surface area contributed by atoms with Gasteiger partial charge in [0.05, 0.1) is 26.4 Å². The molecule has 0 aromatic heterocycles. The Morgan fingerprint density at radius 1 is 0.290 bits per heavy atom. The van der Waals surface area contributed by atoms with Crippen molar-refractivity contribution in [3.63, 3.8) is 0 Å². The molecule has 0 heterocycles. The summed E-state index contributed by atoms with van der Waals surface area (Å²) in [6.07, 6.45) is 79.1. The lowest BCUT2D eigenvalue weighted by molar-refractivity contribution is -0.161. The minimum atomic E-state index is -5.00. The number of hydrogen-bond donors (Lipinski definition) is 3. The van der Waals surface area contributed by atoms with Crippen LogP contribution in [0.2, 0.25) is 0 Å². The van der Waals surface area contributed by atoms with Crippen molar-refractivity contribution in [2.45, 2.75) is 329 Å². The number of rotatable bonds is 72. The predicted octanol–water partition coefficient (Wildman–Crippen LogP) is 22.3. The van der Waals surface area contributed by atoms with Gasteiger partial charge in [0.1, 0.15) is 19.3 Å². The van der Waals surface area contributed by atoms with Crippen molar-refractivity contribution in [1.29, 1.82) is 0 Å². The number of phosphoric ester groups is 2. The van der Waals surface area contributed by atoms with Gasteiger partial charge in [0.15, 0.2) is 12.2 Å². The predicted molar refractivity (Wildman–Crippen MR) is 408 cm³/mol. The highest BCUT2D eigenvalue weighted by Crippen LogP contribution is 2.45. The first-order valence-corrected chi connectivity index (χ1v) is 41.8. The van der Waals surface area contributed by atoms with E-state index >= 15 is 0 Å². The Bertz CT molecular complexity index is 2370. The summed E-state index contributed by atoms with van der Waals surface area (Å²) in [6.45, 7) is 4.54. The Labute approximate surface area is 606 Å². The van der Waals surface area contributed by atoms with Crippen LogP contribution in [0.5, 0.6) is 0 Å². The van der Waals surface area contributed by atoms with Crippen LogP contribution in [0.25, 0.3) is 0 Å². The number of phosphoric acid groups is 2. The smallest absolute Gasteiger partial charge is 0.462 e. The standard InChI is InChI=1S/C81H138O17P2/c1-5-9-13-17-21-25-29-32-35-37-40-43-47-50-54-58-62-66-79(84)92-72-77(98-81(86)68-64-60-56-52-48-44-41-38-36-33-30-26-22-18-14-10-6-2)74-96-100(89,90)94-70-75(82)69-93-99(87,88)95-73-76(97-80(85)67-63-59-55-51-45-28-24-20-16-12-8-4)71-91-78(83)65-61-57-53-49-46-42-39-34-31-27-23-19-15-11-7-3/h9-10,13-14,21-22,25-26,32-36,39-41,43-44,50,54,75-77,82H,5-8,11-12,15-20,23-24,27-31,37-38,42,45-49,51-53,55-74H2,1-4H3,(H,87,88)(H,89,90)/b13-9-,14-10-,25-21-,26-22-,35-32-,36-33-,39-34-,43-40-,44-41-,54-50-. The third-order valence-corrected chi connectivity index (χ3v) is 17.8. The van der Waals surface area contributed by atoms with Crippen LogP contribution in [0.4, 0.5) is 0 Å². The molecule has 0 rings (SSSR count). The first kappa shape index (κ1) is 95.5. The van der Waals surface area contributed by atoms with Crippen molar-refractivity contribution >= 4 is 39.5 Å². The molecule has 0 saturated heterocycles. The monoisotopic (exact) mass is 1440 g/mol. The molecule has 5 atom stereocenters. The summed E-state index contributed by atoms with van der Waals surface area (Å²) in [6, 6.07) is 0. The van der Waals surface area contributed by atoms with Gasteiger partial charge in [-0.15, -0.1) is 0 Å². The van der Waals surface area contributed by atoms with Gasteiger partial charge >= 0.3 is 39.5 Å². The lowest BCUT2D eigenvalue weighted by Gasteiger charge is -2.21. The van der Waals surface area contributed by atoms with E-state index < -0.39 is 97.5 Å². The number of aliphatic hydroxyl groups is 1. The number of hydrogen-bond acceptors (Lipinski definition) is 15. The second-order valence-electron chi connectivity index (χ2n) is 25.5. The second kappa shape index (κ2) is 72.8. The number of aliphatic hydroxyl groups excluding tert-OH is 1. The van der Waals surface area contributed by atoms with Crippen molar-refractivity contribution < 1.29 is 80.2 Å². The molecule has 100 heavy (non-hydrogen) atoms. The molecule has 0 amide bonds. The summed E-state index contributed by atoms with van der Waals surface area (Å²) in [4.78, 5) is 72.8. The van der Waals surface area contributed by atoms with Gasteiger partial charge in [-0.3, -0.25) is 37.3 Å². The molecule has 19 heteroatoms. The minimum absolute atomic E-state index is 0.0522. The number of ether oxygens (including phenoxy) is 4. The number of esters is 4. The van der Waals surface area contributed by atoms with Crippen LogP contribution in [-0.4, -0.2) is 96.7 Å². The molecule has 0 radical (unpaired) electrons. The maximum Gasteiger partial charge on any atom is 0.472 e. The molecule has 17 nitrogen and oxygen atoms in total.